The Hall–Kier alpha value is -3.10. The van der Waals surface area contributed by atoms with Crippen LogP contribution < -0.4 is 4.31 Å². The van der Waals surface area contributed by atoms with Crippen molar-refractivity contribution in [2.24, 2.45) is 0 Å². The fraction of sp³-hybridized carbons (Fsp3) is 0.143. The van der Waals surface area contributed by atoms with E-state index in [4.69, 9.17) is 23.2 Å². The molecule has 1 N–H and O–H groups in total. The highest BCUT2D eigenvalue weighted by atomic mass is 35.5. The molecule has 0 aliphatic carbocycles. The summed E-state index contributed by atoms with van der Waals surface area (Å²) in [6.45, 7) is 1.72. The average molecular weight is 557 g/mol. The second-order valence-electron chi connectivity index (χ2n) is 8.91. The molecule has 0 bridgehead atoms. The molecule has 0 amide bonds. The van der Waals surface area contributed by atoms with E-state index in [1.165, 1.54) is 36.4 Å². The van der Waals surface area contributed by atoms with Gasteiger partial charge in [0.05, 0.1) is 29.8 Å². The Morgan fingerprint density at radius 3 is 1.95 bits per heavy atom. The van der Waals surface area contributed by atoms with Crippen molar-refractivity contribution in [1.82, 2.24) is 4.57 Å². The third-order valence-electron chi connectivity index (χ3n) is 6.28. The van der Waals surface area contributed by atoms with Crippen LogP contribution in [0.15, 0.2) is 89.8 Å². The third-order valence-corrected chi connectivity index (χ3v) is 8.56. The van der Waals surface area contributed by atoms with Crippen molar-refractivity contribution in [2.75, 3.05) is 10.8 Å². The van der Waals surface area contributed by atoms with Gasteiger partial charge < -0.3 is 9.67 Å². The lowest BCUT2D eigenvalue weighted by Gasteiger charge is -2.27. The Kier molecular flexibility index (Phi) is 6.89. The normalized spacial score (nSPS) is 12.8. The topological polar surface area (TPSA) is 62.5 Å². The number of sulfonamides is 1. The van der Waals surface area contributed by atoms with Gasteiger partial charge in [-0.1, -0.05) is 40.9 Å². The van der Waals surface area contributed by atoms with Crippen LogP contribution in [0, 0.1) is 12.7 Å². The van der Waals surface area contributed by atoms with Crippen LogP contribution in [0.5, 0.6) is 0 Å². The molecule has 5 rings (SSSR count). The number of aryl methyl sites for hydroxylation is 1. The van der Waals surface area contributed by atoms with Crippen LogP contribution in [0.2, 0.25) is 10.0 Å². The highest BCUT2D eigenvalue weighted by Crippen LogP contribution is 2.33. The van der Waals surface area contributed by atoms with Crippen molar-refractivity contribution >= 4 is 60.7 Å². The van der Waals surface area contributed by atoms with Gasteiger partial charge in [0.1, 0.15) is 5.82 Å². The molecule has 0 fully saturated rings. The number of rotatable bonds is 7. The lowest BCUT2D eigenvalue weighted by molar-refractivity contribution is 0.166. The van der Waals surface area contributed by atoms with Gasteiger partial charge >= 0.3 is 0 Å². The molecule has 5 nitrogen and oxygen atoms in total. The van der Waals surface area contributed by atoms with Crippen LogP contribution in [0.1, 0.15) is 5.56 Å². The minimum atomic E-state index is -4.05. The summed E-state index contributed by atoms with van der Waals surface area (Å²) in [5.74, 6) is -0.486. The zero-order chi connectivity index (χ0) is 26.3. The largest absolute Gasteiger partial charge is 0.389 e. The Morgan fingerprint density at radius 2 is 1.41 bits per heavy atom. The van der Waals surface area contributed by atoms with Gasteiger partial charge in [-0.3, -0.25) is 4.31 Å². The summed E-state index contributed by atoms with van der Waals surface area (Å²) in [4.78, 5) is 0.0794. The quantitative estimate of drug-likeness (QED) is 0.239. The SMILES string of the molecule is Cc1ccc(S(=O)(=O)N(CC(O)Cn2c3ccc(Cl)cc3c3cc(Cl)ccc32)c2ccc(F)cc2)cc1. The summed E-state index contributed by atoms with van der Waals surface area (Å²) in [6, 6.07) is 22.5. The van der Waals surface area contributed by atoms with Crippen LogP contribution in [0.25, 0.3) is 21.8 Å². The molecule has 1 aromatic heterocycles. The van der Waals surface area contributed by atoms with Crippen molar-refractivity contribution in [2.45, 2.75) is 24.5 Å². The Morgan fingerprint density at radius 1 is 0.865 bits per heavy atom. The highest BCUT2D eigenvalue weighted by molar-refractivity contribution is 7.92. The first kappa shape index (κ1) is 25.5. The number of fused-ring (bicyclic) bond motifs is 3. The number of anilines is 1. The van der Waals surface area contributed by atoms with Gasteiger partial charge in [-0.25, -0.2) is 12.8 Å². The predicted molar refractivity (Wildman–Crippen MR) is 148 cm³/mol. The van der Waals surface area contributed by atoms with E-state index in [1.54, 1.807) is 24.3 Å². The van der Waals surface area contributed by atoms with Crippen LogP contribution in [0.3, 0.4) is 0 Å². The molecule has 0 spiro atoms. The van der Waals surface area contributed by atoms with Crippen molar-refractivity contribution in [3.05, 3.63) is 106 Å². The predicted octanol–water partition coefficient (Wildman–Crippen LogP) is 6.81. The monoisotopic (exact) mass is 556 g/mol. The maximum absolute atomic E-state index is 13.7. The fourth-order valence-corrected chi connectivity index (χ4v) is 6.34. The standard InChI is InChI=1S/C28H23Cl2FN2O3S/c1-18-2-10-24(11-3-18)37(35,36)33(22-8-6-21(31)7-9-22)17-23(34)16-32-27-12-4-19(29)14-25(27)26-15-20(30)5-13-28(26)32/h2-15,23,34H,16-17H2,1H3. The number of aromatic nitrogens is 1. The van der Waals surface area contributed by atoms with E-state index in [0.29, 0.717) is 10.0 Å². The van der Waals surface area contributed by atoms with Gasteiger partial charge in [-0.2, -0.15) is 0 Å². The minimum absolute atomic E-state index is 0.0794. The summed E-state index contributed by atoms with van der Waals surface area (Å²) < 4.78 is 44.0. The van der Waals surface area contributed by atoms with Gasteiger partial charge in [0.25, 0.3) is 10.0 Å². The van der Waals surface area contributed by atoms with E-state index < -0.39 is 21.9 Å². The number of hydrogen-bond acceptors (Lipinski definition) is 3. The molecule has 1 atom stereocenters. The molecule has 5 aromatic rings. The van der Waals surface area contributed by atoms with Crippen LogP contribution in [0.4, 0.5) is 10.1 Å². The summed E-state index contributed by atoms with van der Waals surface area (Å²) in [6.07, 6.45) is -1.10. The second kappa shape index (κ2) is 9.99. The second-order valence-corrected chi connectivity index (χ2v) is 11.6. The number of nitrogens with zero attached hydrogens (tertiary/aromatic N) is 2. The fourth-order valence-electron chi connectivity index (χ4n) is 4.49. The molecule has 0 radical (unpaired) electrons. The molecule has 37 heavy (non-hydrogen) atoms. The number of halogens is 3. The first-order valence-electron chi connectivity index (χ1n) is 11.5. The van der Waals surface area contributed by atoms with Gasteiger partial charge in [-0.05, 0) is 79.7 Å². The smallest absolute Gasteiger partial charge is 0.264 e. The number of benzene rings is 4. The maximum Gasteiger partial charge on any atom is 0.264 e. The van der Waals surface area contributed by atoms with Gasteiger partial charge in [0, 0.05) is 31.9 Å². The molecule has 190 valence electrons. The maximum atomic E-state index is 13.7. The summed E-state index contributed by atoms with van der Waals surface area (Å²) in [5.41, 5.74) is 2.83. The molecular formula is C28H23Cl2FN2O3S. The van der Waals surface area contributed by atoms with Crippen LogP contribution in [-0.2, 0) is 16.6 Å². The Labute approximate surface area is 224 Å². The lowest BCUT2D eigenvalue weighted by Crippen LogP contribution is -2.39. The van der Waals surface area contributed by atoms with E-state index >= 15 is 0 Å². The first-order valence-corrected chi connectivity index (χ1v) is 13.7. The highest BCUT2D eigenvalue weighted by Gasteiger charge is 2.28. The zero-order valence-corrected chi connectivity index (χ0v) is 22.1. The van der Waals surface area contributed by atoms with Crippen molar-refractivity contribution < 1.29 is 17.9 Å². The molecule has 0 saturated carbocycles. The Bertz CT molecular complexity index is 1640. The van der Waals surface area contributed by atoms with Crippen molar-refractivity contribution in [3.63, 3.8) is 0 Å². The molecule has 9 heteroatoms. The van der Waals surface area contributed by atoms with Crippen LogP contribution in [-0.4, -0.2) is 30.7 Å². The Balaban J connectivity index is 1.54. The van der Waals surface area contributed by atoms with E-state index in [0.717, 1.165) is 31.7 Å². The first-order chi connectivity index (χ1) is 17.6. The third kappa shape index (κ3) is 5.05. The average Bonchev–Trinajstić information content (AvgIpc) is 3.15. The van der Waals surface area contributed by atoms with Crippen LogP contribution >= 0.6 is 23.2 Å². The summed E-state index contributed by atoms with van der Waals surface area (Å²) in [7, 11) is -4.05. The summed E-state index contributed by atoms with van der Waals surface area (Å²) in [5, 5.41) is 14.1. The number of aliphatic hydroxyl groups is 1. The van der Waals surface area contributed by atoms with Gasteiger partial charge in [0.2, 0.25) is 0 Å². The molecular weight excluding hydrogens is 534 g/mol. The summed E-state index contributed by atoms with van der Waals surface area (Å²) >= 11 is 12.5. The lowest BCUT2D eigenvalue weighted by atomic mass is 10.1. The molecule has 1 heterocycles. The molecule has 0 saturated heterocycles. The van der Waals surface area contributed by atoms with E-state index in [-0.39, 0.29) is 23.7 Å². The van der Waals surface area contributed by atoms with E-state index in [2.05, 4.69) is 0 Å². The minimum Gasteiger partial charge on any atom is -0.389 e. The van der Waals surface area contributed by atoms with Crippen molar-refractivity contribution in [1.29, 1.82) is 0 Å². The van der Waals surface area contributed by atoms with Gasteiger partial charge in [0.15, 0.2) is 0 Å². The number of hydrogen-bond donors (Lipinski definition) is 1. The molecule has 0 aliphatic heterocycles. The number of aliphatic hydroxyl groups excluding tert-OH is 1. The molecule has 4 aromatic carbocycles. The molecule has 0 aliphatic rings. The van der Waals surface area contributed by atoms with Crippen molar-refractivity contribution in [3.8, 4) is 0 Å². The molecule has 1 unspecified atom stereocenters. The van der Waals surface area contributed by atoms with Gasteiger partial charge in [-0.15, -0.1) is 0 Å². The zero-order valence-electron chi connectivity index (χ0n) is 19.8. The van der Waals surface area contributed by atoms with E-state index in [1.807, 2.05) is 35.8 Å². The van der Waals surface area contributed by atoms with E-state index in [9.17, 15) is 17.9 Å².